The maximum Gasteiger partial charge on any atom is 0.320 e. The molecule has 0 unspecified atom stereocenters. The zero-order valence-corrected chi connectivity index (χ0v) is 12.7. The van der Waals surface area contributed by atoms with E-state index in [4.69, 9.17) is 9.47 Å². The third-order valence-electron chi connectivity index (χ3n) is 3.49. The van der Waals surface area contributed by atoms with Crippen molar-refractivity contribution in [3.63, 3.8) is 0 Å². The highest BCUT2D eigenvalue weighted by Crippen LogP contribution is 2.34. The van der Waals surface area contributed by atoms with Crippen LogP contribution in [0.1, 0.15) is 24.2 Å². The van der Waals surface area contributed by atoms with Crippen molar-refractivity contribution in [3.8, 4) is 11.5 Å². The number of aromatic nitrogens is 2. The minimum absolute atomic E-state index is 0.163. The lowest BCUT2D eigenvalue weighted by Gasteiger charge is -2.15. The summed E-state index contributed by atoms with van der Waals surface area (Å²) >= 11 is 0. The summed E-state index contributed by atoms with van der Waals surface area (Å²) in [6, 6.07) is 6.99. The van der Waals surface area contributed by atoms with Gasteiger partial charge in [0.05, 0.1) is 11.7 Å². The van der Waals surface area contributed by atoms with Gasteiger partial charge in [0, 0.05) is 13.1 Å². The molecule has 2 amide bonds. The second-order valence-electron chi connectivity index (χ2n) is 5.23. The summed E-state index contributed by atoms with van der Waals surface area (Å²) < 4.78 is 12.2. The maximum atomic E-state index is 12.1. The number of hydrogen-bond donors (Lipinski definition) is 2. The predicted molar refractivity (Wildman–Crippen MR) is 81.1 cm³/mol. The number of urea groups is 1. The van der Waals surface area contributed by atoms with E-state index < -0.39 is 0 Å². The van der Waals surface area contributed by atoms with Gasteiger partial charge in [0.15, 0.2) is 11.5 Å². The zero-order chi connectivity index (χ0) is 15.7. The molecular weight excluding hydrogens is 284 g/mol. The molecule has 2 N–H and O–H groups in total. The van der Waals surface area contributed by atoms with E-state index in [1.807, 2.05) is 38.1 Å². The van der Waals surface area contributed by atoms with Crippen molar-refractivity contribution in [3.05, 3.63) is 35.5 Å². The molecule has 0 saturated heterocycles. The first-order valence-electron chi connectivity index (χ1n) is 7.00. The first-order valence-corrected chi connectivity index (χ1v) is 7.00. The summed E-state index contributed by atoms with van der Waals surface area (Å²) in [6.45, 7) is 4.02. The van der Waals surface area contributed by atoms with E-state index in [1.165, 1.54) is 0 Å². The van der Waals surface area contributed by atoms with Crippen LogP contribution in [-0.4, -0.2) is 22.6 Å². The summed E-state index contributed by atoms with van der Waals surface area (Å²) in [5, 5.41) is 9.85. The number of aryl methyl sites for hydroxylation is 2. The van der Waals surface area contributed by atoms with Gasteiger partial charge in [-0.25, -0.2) is 4.79 Å². The number of fused-ring (bicyclic) bond motifs is 1. The fourth-order valence-corrected chi connectivity index (χ4v) is 2.34. The van der Waals surface area contributed by atoms with Gasteiger partial charge < -0.3 is 14.8 Å². The van der Waals surface area contributed by atoms with Crippen LogP contribution in [0.15, 0.2) is 24.3 Å². The number of amides is 2. The fourth-order valence-electron chi connectivity index (χ4n) is 2.34. The van der Waals surface area contributed by atoms with Crippen LogP contribution in [0.5, 0.6) is 11.5 Å². The highest BCUT2D eigenvalue weighted by Gasteiger charge is 2.17. The Hall–Kier alpha value is -2.70. The number of ether oxygens (including phenoxy) is 2. The van der Waals surface area contributed by atoms with Gasteiger partial charge in [0.25, 0.3) is 0 Å². The number of nitrogens with one attached hydrogen (secondary N) is 2. The Kier molecular flexibility index (Phi) is 3.62. The first-order chi connectivity index (χ1) is 10.5. The molecule has 1 aromatic carbocycles. The number of rotatable bonds is 3. The second kappa shape index (κ2) is 5.59. The molecule has 0 bridgehead atoms. The highest BCUT2D eigenvalue weighted by molar-refractivity contribution is 5.88. The average Bonchev–Trinajstić information content (AvgIpc) is 3.04. The Morgan fingerprint density at radius 1 is 1.32 bits per heavy atom. The molecule has 0 radical (unpaired) electrons. The summed E-state index contributed by atoms with van der Waals surface area (Å²) in [4.78, 5) is 12.1. The molecule has 1 aliphatic rings. The number of benzene rings is 1. The third kappa shape index (κ3) is 2.83. The van der Waals surface area contributed by atoms with Crippen LogP contribution in [0.2, 0.25) is 0 Å². The normalized spacial score (nSPS) is 13.8. The van der Waals surface area contributed by atoms with Crippen molar-refractivity contribution < 1.29 is 14.3 Å². The highest BCUT2D eigenvalue weighted by atomic mass is 16.7. The van der Waals surface area contributed by atoms with Gasteiger partial charge in [-0.2, -0.15) is 5.10 Å². The van der Waals surface area contributed by atoms with Crippen molar-refractivity contribution in [1.29, 1.82) is 0 Å². The largest absolute Gasteiger partial charge is 0.454 e. The molecule has 116 valence electrons. The van der Waals surface area contributed by atoms with E-state index in [2.05, 4.69) is 15.7 Å². The van der Waals surface area contributed by atoms with Gasteiger partial charge in [0.2, 0.25) is 6.79 Å². The van der Waals surface area contributed by atoms with Crippen LogP contribution in [0, 0.1) is 6.92 Å². The van der Waals surface area contributed by atoms with E-state index in [0.717, 1.165) is 17.0 Å². The minimum Gasteiger partial charge on any atom is -0.454 e. The monoisotopic (exact) mass is 302 g/mol. The molecule has 0 saturated carbocycles. The van der Waals surface area contributed by atoms with E-state index in [-0.39, 0.29) is 18.9 Å². The van der Waals surface area contributed by atoms with Gasteiger partial charge in [0.1, 0.15) is 5.82 Å². The van der Waals surface area contributed by atoms with Crippen LogP contribution in [0.25, 0.3) is 0 Å². The fraction of sp³-hybridized carbons (Fsp3) is 0.333. The maximum absolute atomic E-state index is 12.1. The van der Waals surface area contributed by atoms with Gasteiger partial charge in [-0.05, 0) is 31.5 Å². The van der Waals surface area contributed by atoms with Crippen LogP contribution in [0.3, 0.4) is 0 Å². The Bertz CT molecular complexity index is 711. The van der Waals surface area contributed by atoms with Crippen molar-refractivity contribution in [1.82, 2.24) is 15.1 Å². The molecule has 0 aliphatic carbocycles. The number of carbonyl (C=O) groups excluding carboxylic acids is 1. The smallest absolute Gasteiger partial charge is 0.320 e. The molecule has 0 fully saturated rings. The average molecular weight is 302 g/mol. The van der Waals surface area contributed by atoms with Crippen LogP contribution >= 0.6 is 0 Å². The molecular formula is C15H18N4O3. The molecule has 1 aromatic heterocycles. The lowest BCUT2D eigenvalue weighted by Crippen LogP contribution is -2.31. The molecule has 7 nitrogen and oxygen atoms in total. The van der Waals surface area contributed by atoms with Gasteiger partial charge in [-0.15, -0.1) is 0 Å². The summed E-state index contributed by atoms with van der Waals surface area (Å²) in [5.41, 5.74) is 1.79. The molecule has 1 atom stereocenters. The number of nitrogens with zero attached hydrogens (tertiary/aromatic N) is 2. The van der Waals surface area contributed by atoms with Gasteiger partial charge >= 0.3 is 6.03 Å². The minimum atomic E-state index is -0.284. The molecule has 3 rings (SSSR count). The summed E-state index contributed by atoms with van der Waals surface area (Å²) in [5.74, 6) is 2.08. The van der Waals surface area contributed by atoms with Crippen molar-refractivity contribution >= 4 is 11.8 Å². The van der Waals surface area contributed by atoms with Crippen molar-refractivity contribution in [2.75, 3.05) is 12.1 Å². The quantitative estimate of drug-likeness (QED) is 0.912. The molecule has 2 heterocycles. The molecule has 1 aliphatic heterocycles. The van der Waals surface area contributed by atoms with Gasteiger partial charge in [-0.1, -0.05) is 6.07 Å². The van der Waals surface area contributed by atoms with Crippen molar-refractivity contribution in [2.45, 2.75) is 19.9 Å². The SMILES string of the molecule is Cc1cc(NC(=O)N[C@@H](C)c2ccc3c(c2)OCO3)n(C)n1. The van der Waals surface area contributed by atoms with E-state index >= 15 is 0 Å². The molecule has 22 heavy (non-hydrogen) atoms. The zero-order valence-electron chi connectivity index (χ0n) is 12.7. The number of anilines is 1. The van der Waals surface area contributed by atoms with Crippen LogP contribution in [0.4, 0.5) is 10.6 Å². The molecule has 2 aromatic rings. The van der Waals surface area contributed by atoms with E-state index in [0.29, 0.717) is 11.6 Å². The Labute approximate surface area is 128 Å². The predicted octanol–water partition coefficient (Wildman–Crippen LogP) is 2.34. The lowest BCUT2D eigenvalue weighted by molar-refractivity contribution is 0.174. The Morgan fingerprint density at radius 3 is 2.82 bits per heavy atom. The summed E-state index contributed by atoms with van der Waals surface area (Å²) in [6.07, 6.45) is 0. The van der Waals surface area contributed by atoms with Crippen LogP contribution in [-0.2, 0) is 7.05 Å². The first kappa shape index (κ1) is 14.2. The standard InChI is InChI=1S/C15H18N4O3/c1-9-6-14(19(3)18-9)17-15(20)16-10(2)11-4-5-12-13(7-11)22-8-21-12/h4-7,10H,8H2,1-3H3,(H2,16,17,20)/t10-/m0/s1. The van der Waals surface area contributed by atoms with Gasteiger partial charge in [-0.3, -0.25) is 10.00 Å². The topological polar surface area (TPSA) is 77.4 Å². The lowest BCUT2D eigenvalue weighted by atomic mass is 10.1. The Balaban J connectivity index is 1.65. The third-order valence-corrected chi connectivity index (χ3v) is 3.49. The number of hydrogen-bond acceptors (Lipinski definition) is 4. The number of carbonyl (C=O) groups is 1. The van der Waals surface area contributed by atoms with Crippen LogP contribution < -0.4 is 20.1 Å². The second-order valence-corrected chi connectivity index (χ2v) is 5.23. The molecule has 7 heteroatoms. The summed E-state index contributed by atoms with van der Waals surface area (Å²) in [7, 11) is 1.78. The Morgan fingerprint density at radius 2 is 2.09 bits per heavy atom. The van der Waals surface area contributed by atoms with Crippen molar-refractivity contribution in [2.24, 2.45) is 7.05 Å². The van der Waals surface area contributed by atoms with E-state index in [1.54, 1.807) is 11.7 Å². The van der Waals surface area contributed by atoms with E-state index in [9.17, 15) is 4.79 Å². The molecule has 0 spiro atoms.